The Morgan fingerprint density at radius 3 is 2.05 bits per heavy atom. The molecule has 3 aromatic rings. The lowest BCUT2D eigenvalue weighted by Crippen LogP contribution is -2.63. The van der Waals surface area contributed by atoms with E-state index < -0.39 is 61.2 Å². The van der Waals surface area contributed by atoms with Crippen molar-refractivity contribution in [3.63, 3.8) is 0 Å². The fourth-order valence-electron chi connectivity index (χ4n) is 4.43. The first kappa shape index (κ1) is 30.5. The van der Waals surface area contributed by atoms with Crippen molar-refractivity contribution in [1.29, 1.82) is 0 Å². The molecule has 0 radical (unpaired) electrons. The van der Waals surface area contributed by atoms with E-state index >= 15 is 0 Å². The molecular formula is C29H27ClO12. The number of hydrogen-bond acceptors (Lipinski definition) is 12. The van der Waals surface area contributed by atoms with Crippen LogP contribution in [0.15, 0.2) is 57.9 Å². The van der Waals surface area contributed by atoms with Crippen LogP contribution in [0.25, 0.3) is 22.1 Å². The number of carbonyl (C=O) groups is 4. The van der Waals surface area contributed by atoms with Gasteiger partial charge in [0.15, 0.2) is 17.6 Å². The highest BCUT2D eigenvalue weighted by Crippen LogP contribution is 2.32. The molecule has 2 aromatic carbocycles. The highest BCUT2D eigenvalue weighted by atomic mass is 35.5. The van der Waals surface area contributed by atoms with Crippen LogP contribution >= 0.6 is 11.6 Å². The third kappa shape index (κ3) is 7.25. The zero-order valence-corrected chi connectivity index (χ0v) is 23.7. The van der Waals surface area contributed by atoms with Gasteiger partial charge in [0.1, 0.15) is 30.3 Å². The Bertz CT molecular complexity index is 1550. The summed E-state index contributed by atoms with van der Waals surface area (Å²) in [6.45, 7) is 4.13. The van der Waals surface area contributed by atoms with Crippen molar-refractivity contribution in [2.45, 2.75) is 58.4 Å². The van der Waals surface area contributed by atoms with Gasteiger partial charge in [0, 0.05) is 38.8 Å². The van der Waals surface area contributed by atoms with Crippen LogP contribution in [0.5, 0.6) is 5.75 Å². The Hall–Kier alpha value is -4.42. The Labute approximate surface area is 244 Å². The highest BCUT2D eigenvalue weighted by molar-refractivity contribution is 6.30. The van der Waals surface area contributed by atoms with Crippen LogP contribution in [0.1, 0.15) is 27.7 Å². The average molecular weight is 603 g/mol. The summed E-state index contributed by atoms with van der Waals surface area (Å²) in [5, 5.41) is 0.782. The first-order valence-electron chi connectivity index (χ1n) is 12.7. The van der Waals surface area contributed by atoms with E-state index in [4.69, 9.17) is 44.4 Å². The third-order valence-corrected chi connectivity index (χ3v) is 6.35. The van der Waals surface area contributed by atoms with Crippen LogP contribution < -0.4 is 10.2 Å². The summed E-state index contributed by atoms with van der Waals surface area (Å²) < 4.78 is 38.9. The predicted octanol–water partition coefficient (Wildman–Crippen LogP) is 3.58. The Morgan fingerprint density at radius 1 is 0.810 bits per heavy atom. The maximum Gasteiger partial charge on any atom is 0.303 e. The fraction of sp³-hybridized carbons (Fsp3) is 0.345. The van der Waals surface area contributed by atoms with Crippen molar-refractivity contribution in [1.82, 2.24) is 0 Å². The molecule has 222 valence electrons. The summed E-state index contributed by atoms with van der Waals surface area (Å²) in [7, 11) is 0. The van der Waals surface area contributed by atoms with Gasteiger partial charge in [-0.1, -0.05) is 23.7 Å². The maximum atomic E-state index is 13.2. The number of rotatable bonds is 8. The molecule has 0 N–H and O–H groups in total. The van der Waals surface area contributed by atoms with Crippen molar-refractivity contribution in [3.05, 3.63) is 64.0 Å². The van der Waals surface area contributed by atoms with E-state index in [-0.39, 0.29) is 22.1 Å². The lowest BCUT2D eigenvalue weighted by atomic mass is 9.98. The van der Waals surface area contributed by atoms with Gasteiger partial charge >= 0.3 is 23.9 Å². The fourth-order valence-corrected chi connectivity index (χ4v) is 4.55. The van der Waals surface area contributed by atoms with Gasteiger partial charge in [0.2, 0.25) is 12.4 Å². The molecule has 1 saturated heterocycles. The molecule has 0 saturated carbocycles. The first-order chi connectivity index (χ1) is 19.9. The van der Waals surface area contributed by atoms with E-state index in [0.29, 0.717) is 16.1 Å². The van der Waals surface area contributed by atoms with E-state index in [1.165, 1.54) is 31.4 Å². The van der Waals surface area contributed by atoms with E-state index in [1.807, 2.05) is 0 Å². The molecule has 1 aromatic heterocycles. The smallest absolute Gasteiger partial charge is 0.303 e. The van der Waals surface area contributed by atoms with Crippen LogP contribution in [-0.4, -0.2) is 61.2 Å². The van der Waals surface area contributed by atoms with Crippen molar-refractivity contribution >= 4 is 46.4 Å². The van der Waals surface area contributed by atoms with Crippen molar-refractivity contribution < 1.29 is 52.0 Å². The quantitative estimate of drug-likeness (QED) is 0.273. The standard InChI is InChI=1S/C29H27ClO12/c1-14(31)36-13-24-26(38-15(2)32)27(39-16(3)33)28(40-17(4)34)29(42-24)41-20-9-10-21-23(11-20)37-12-22(25(21)35)18-5-7-19(30)8-6-18/h5-12,24,26-29H,13H2,1-4H3/t24-,26-,27+,28+,29-/m1/s1. The van der Waals surface area contributed by atoms with Gasteiger partial charge in [-0.3, -0.25) is 24.0 Å². The first-order valence-corrected chi connectivity index (χ1v) is 13.1. The second kappa shape index (κ2) is 13.0. The summed E-state index contributed by atoms with van der Waals surface area (Å²) in [6, 6.07) is 11.1. The van der Waals surface area contributed by atoms with Crippen LogP contribution in [0, 0.1) is 0 Å². The van der Waals surface area contributed by atoms with Crippen LogP contribution in [0.3, 0.4) is 0 Å². The Kier molecular flexibility index (Phi) is 9.48. The summed E-state index contributed by atoms with van der Waals surface area (Å²) in [5.41, 5.74) is 0.832. The average Bonchev–Trinajstić information content (AvgIpc) is 2.91. The number of fused-ring (bicyclic) bond motifs is 1. The molecule has 0 spiro atoms. The monoisotopic (exact) mass is 602 g/mol. The molecule has 0 amide bonds. The number of carbonyl (C=O) groups excluding carboxylic acids is 4. The second-order valence-electron chi connectivity index (χ2n) is 9.33. The van der Waals surface area contributed by atoms with Gasteiger partial charge in [-0.15, -0.1) is 0 Å². The maximum absolute atomic E-state index is 13.2. The molecule has 12 nitrogen and oxygen atoms in total. The van der Waals surface area contributed by atoms with Crippen LogP contribution in [0.4, 0.5) is 0 Å². The van der Waals surface area contributed by atoms with E-state index in [0.717, 1.165) is 20.8 Å². The molecule has 0 bridgehead atoms. The van der Waals surface area contributed by atoms with Crippen LogP contribution in [-0.2, 0) is 42.9 Å². The minimum atomic E-state index is -1.44. The highest BCUT2D eigenvalue weighted by Gasteiger charge is 2.53. The third-order valence-electron chi connectivity index (χ3n) is 6.10. The number of halogens is 1. The Morgan fingerprint density at radius 2 is 1.43 bits per heavy atom. The minimum absolute atomic E-state index is 0.130. The van der Waals surface area contributed by atoms with Gasteiger partial charge < -0.3 is 32.8 Å². The Balaban J connectivity index is 1.70. The van der Waals surface area contributed by atoms with Gasteiger partial charge in [-0.05, 0) is 29.8 Å². The molecule has 1 fully saturated rings. The summed E-state index contributed by atoms with van der Waals surface area (Å²) >= 11 is 5.95. The zero-order valence-electron chi connectivity index (χ0n) is 23.0. The summed E-state index contributed by atoms with van der Waals surface area (Å²) in [6.07, 6.45) is -5.45. The number of benzene rings is 2. The molecule has 4 rings (SSSR count). The molecule has 1 aliphatic rings. The zero-order chi connectivity index (χ0) is 30.6. The molecule has 13 heteroatoms. The summed E-state index contributed by atoms with van der Waals surface area (Å²) in [5.74, 6) is -2.81. The normalized spacial score (nSPS) is 21.7. The molecule has 5 atom stereocenters. The van der Waals surface area contributed by atoms with Crippen molar-refractivity contribution in [2.75, 3.05) is 6.61 Å². The molecular weight excluding hydrogens is 576 g/mol. The predicted molar refractivity (Wildman–Crippen MR) is 146 cm³/mol. The molecule has 0 aliphatic carbocycles. The van der Waals surface area contributed by atoms with E-state index in [1.54, 1.807) is 24.3 Å². The van der Waals surface area contributed by atoms with Crippen LogP contribution in [0.2, 0.25) is 5.02 Å². The summed E-state index contributed by atoms with van der Waals surface area (Å²) in [4.78, 5) is 60.7. The largest absolute Gasteiger partial charge is 0.463 e. The lowest BCUT2D eigenvalue weighted by Gasteiger charge is -2.43. The second-order valence-corrected chi connectivity index (χ2v) is 9.77. The van der Waals surface area contributed by atoms with Gasteiger partial charge in [-0.2, -0.15) is 0 Å². The number of esters is 4. The van der Waals surface area contributed by atoms with Gasteiger partial charge in [0.05, 0.1) is 10.9 Å². The van der Waals surface area contributed by atoms with E-state index in [9.17, 15) is 24.0 Å². The van der Waals surface area contributed by atoms with Crippen molar-refractivity contribution in [3.8, 4) is 16.9 Å². The van der Waals surface area contributed by atoms with Crippen molar-refractivity contribution in [2.24, 2.45) is 0 Å². The van der Waals surface area contributed by atoms with Gasteiger partial charge in [-0.25, -0.2) is 0 Å². The van der Waals surface area contributed by atoms with E-state index in [2.05, 4.69) is 0 Å². The minimum Gasteiger partial charge on any atom is -0.463 e. The topological polar surface area (TPSA) is 154 Å². The SMILES string of the molecule is CC(=O)OC[C@H]1O[C@@H](Oc2ccc3c(=O)c(-c4ccc(Cl)cc4)coc3c2)[C@@H](OC(C)=O)[C@@H](OC(C)=O)[C@@H]1OC(C)=O. The molecule has 1 aliphatic heterocycles. The molecule has 0 unspecified atom stereocenters. The molecule has 42 heavy (non-hydrogen) atoms. The number of ether oxygens (including phenoxy) is 6. The van der Waals surface area contributed by atoms with Gasteiger partial charge in [0.25, 0.3) is 0 Å². The molecule has 2 heterocycles. The number of hydrogen-bond donors (Lipinski definition) is 0. The lowest BCUT2D eigenvalue weighted by molar-refractivity contribution is -0.288.